The summed E-state index contributed by atoms with van der Waals surface area (Å²) in [4.78, 5) is 26.6. The van der Waals surface area contributed by atoms with Crippen molar-refractivity contribution in [1.29, 1.82) is 0 Å². The molecule has 0 spiro atoms. The van der Waals surface area contributed by atoms with E-state index >= 15 is 0 Å². The Morgan fingerprint density at radius 2 is 1.90 bits per heavy atom. The minimum atomic E-state index is -0.363. The van der Waals surface area contributed by atoms with Crippen molar-refractivity contribution >= 4 is 17.6 Å². The van der Waals surface area contributed by atoms with Gasteiger partial charge in [-0.2, -0.15) is 0 Å². The summed E-state index contributed by atoms with van der Waals surface area (Å²) in [5, 5.41) is 3.47. The van der Waals surface area contributed by atoms with E-state index in [1.54, 1.807) is 24.1 Å². The first-order valence-electron chi connectivity index (χ1n) is 9.77. The van der Waals surface area contributed by atoms with Crippen molar-refractivity contribution < 1.29 is 19.1 Å². The van der Waals surface area contributed by atoms with E-state index in [4.69, 9.17) is 9.47 Å². The molecule has 1 aliphatic heterocycles. The maximum atomic E-state index is 12.8. The first-order chi connectivity index (χ1) is 13.9. The number of ether oxygens (including phenoxy) is 2. The van der Waals surface area contributed by atoms with Crippen LogP contribution < -0.4 is 15.0 Å². The van der Waals surface area contributed by atoms with Crippen molar-refractivity contribution in [2.24, 2.45) is 0 Å². The number of nitrogens with zero attached hydrogens (tertiary/aromatic N) is 1. The number of nitrogens with one attached hydrogen (secondary N) is 1. The third kappa shape index (κ3) is 4.43. The number of fused-ring (bicyclic) bond motifs is 1. The molecular formula is C23H28N2O4. The minimum Gasteiger partial charge on any atom is -0.497 e. The predicted molar refractivity (Wildman–Crippen MR) is 112 cm³/mol. The predicted octanol–water partition coefficient (Wildman–Crippen LogP) is 3.29. The molecule has 1 N–H and O–H groups in total. The SMILES string of the molecule is COC(=O)c1cccc2c1CCN2C(=O)CCNC(C)(C)c1cccc(OC)c1. The number of hydrogen-bond donors (Lipinski definition) is 1. The summed E-state index contributed by atoms with van der Waals surface area (Å²) < 4.78 is 10.2. The number of hydrogen-bond acceptors (Lipinski definition) is 5. The zero-order chi connectivity index (χ0) is 21.0. The van der Waals surface area contributed by atoms with Crippen LogP contribution in [0.4, 0.5) is 5.69 Å². The Morgan fingerprint density at radius 1 is 1.14 bits per heavy atom. The lowest BCUT2D eigenvalue weighted by atomic mass is 9.94. The molecule has 6 nitrogen and oxygen atoms in total. The molecule has 1 heterocycles. The van der Waals surface area contributed by atoms with Gasteiger partial charge in [-0.25, -0.2) is 4.79 Å². The summed E-state index contributed by atoms with van der Waals surface area (Å²) in [5.41, 5.74) is 3.04. The number of rotatable bonds is 7. The Bertz CT molecular complexity index is 908. The van der Waals surface area contributed by atoms with Crippen LogP contribution in [0.3, 0.4) is 0 Å². The molecule has 1 aliphatic rings. The van der Waals surface area contributed by atoms with E-state index in [9.17, 15) is 9.59 Å². The van der Waals surface area contributed by atoms with Crippen LogP contribution in [0.1, 0.15) is 41.8 Å². The van der Waals surface area contributed by atoms with E-state index in [0.717, 1.165) is 22.6 Å². The molecule has 0 saturated carbocycles. The Labute approximate surface area is 171 Å². The third-order valence-electron chi connectivity index (χ3n) is 5.43. The summed E-state index contributed by atoms with van der Waals surface area (Å²) in [6, 6.07) is 13.3. The van der Waals surface area contributed by atoms with Crippen molar-refractivity contribution in [1.82, 2.24) is 5.32 Å². The highest BCUT2D eigenvalue weighted by Crippen LogP contribution is 2.31. The number of carbonyl (C=O) groups is 2. The van der Waals surface area contributed by atoms with Crippen LogP contribution in [0.15, 0.2) is 42.5 Å². The van der Waals surface area contributed by atoms with Crippen LogP contribution in [0.25, 0.3) is 0 Å². The first kappa shape index (κ1) is 20.9. The van der Waals surface area contributed by atoms with E-state index in [0.29, 0.717) is 31.5 Å². The van der Waals surface area contributed by atoms with Crippen LogP contribution in [0.5, 0.6) is 5.75 Å². The number of anilines is 1. The maximum Gasteiger partial charge on any atom is 0.338 e. The van der Waals surface area contributed by atoms with Gasteiger partial charge in [-0.3, -0.25) is 4.79 Å². The lowest BCUT2D eigenvalue weighted by Gasteiger charge is -2.28. The lowest BCUT2D eigenvalue weighted by Crippen LogP contribution is -2.39. The quantitative estimate of drug-likeness (QED) is 0.728. The summed E-state index contributed by atoms with van der Waals surface area (Å²) in [6.45, 7) is 5.30. The largest absolute Gasteiger partial charge is 0.497 e. The fraction of sp³-hybridized carbons (Fsp3) is 0.391. The van der Waals surface area contributed by atoms with Crippen molar-refractivity contribution in [2.75, 3.05) is 32.2 Å². The molecule has 0 unspecified atom stereocenters. The topological polar surface area (TPSA) is 67.9 Å². The van der Waals surface area contributed by atoms with Gasteiger partial charge in [0.2, 0.25) is 5.91 Å². The Hall–Kier alpha value is -2.86. The average molecular weight is 396 g/mol. The highest BCUT2D eigenvalue weighted by molar-refractivity contribution is 5.99. The molecule has 29 heavy (non-hydrogen) atoms. The van der Waals surface area contributed by atoms with Crippen molar-refractivity contribution in [3.63, 3.8) is 0 Å². The molecular weight excluding hydrogens is 368 g/mol. The van der Waals surface area contributed by atoms with Gasteiger partial charge in [0.05, 0.1) is 19.8 Å². The summed E-state index contributed by atoms with van der Waals surface area (Å²) in [7, 11) is 3.02. The van der Waals surface area contributed by atoms with Gasteiger partial charge in [0.15, 0.2) is 0 Å². The standard InChI is InChI=1S/C23H28N2O4/c1-23(2,16-7-5-8-17(15-16)28-3)24-13-11-21(26)25-14-12-18-19(22(27)29-4)9-6-10-20(18)25/h5-10,15,24H,11-14H2,1-4H3. The fourth-order valence-electron chi connectivity index (χ4n) is 3.73. The second-order valence-electron chi connectivity index (χ2n) is 7.62. The van der Waals surface area contributed by atoms with Crippen LogP contribution in [0.2, 0.25) is 0 Å². The number of benzene rings is 2. The number of carbonyl (C=O) groups excluding carboxylic acids is 2. The van der Waals surface area contributed by atoms with Gasteiger partial charge >= 0.3 is 5.97 Å². The molecule has 2 aromatic rings. The van der Waals surface area contributed by atoms with E-state index in [2.05, 4.69) is 19.2 Å². The zero-order valence-corrected chi connectivity index (χ0v) is 17.5. The molecule has 2 aromatic carbocycles. The van der Waals surface area contributed by atoms with Gasteiger partial charge < -0.3 is 19.7 Å². The highest BCUT2D eigenvalue weighted by atomic mass is 16.5. The van der Waals surface area contributed by atoms with Gasteiger partial charge in [0.1, 0.15) is 5.75 Å². The van der Waals surface area contributed by atoms with E-state index in [1.807, 2.05) is 30.3 Å². The molecule has 0 fully saturated rings. The summed E-state index contributed by atoms with van der Waals surface area (Å²) >= 11 is 0. The van der Waals surface area contributed by atoms with E-state index < -0.39 is 0 Å². The van der Waals surface area contributed by atoms with Crippen LogP contribution in [-0.4, -0.2) is 39.2 Å². The Kier molecular flexibility index (Phi) is 6.23. The molecule has 1 amide bonds. The molecule has 0 aromatic heterocycles. The second kappa shape index (κ2) is 8.66. The smallest absolute Gasteiger partial charge is 0.338 e. The van der Waals surface area contributed by atoms with Crippen LogP contribution >= 0.6 is 0 Å². The molecule has 0 atom stereocenters. The van der Waals surface area contributed by atoms with Gasteiger partial charge in [-0.05, 0) is 55.7 Å². The van der Waals surface area contributed by atoms with Gasteiger partial charge in [0.25, 0.3) is 0 Å². The average Bonchev–Trinajstić information content (AvgIpc) is 3.17. The highest BCUT2D eigenvalue weighted by Gasteiger charge is 2.29. The van der Waals surface area contributed by atoms with Crippen molar-refractivity contribution in [3.8, 4) is 5.75 Å². The summed E-state index contributed by atoms with van der Waals surface area (Å²) in [5.74, 6) is 0.487. The fourth-order valence-corrected chi connectivity index (χ4v) is 3.73. The van der Waals surface area contributed by atoms with Crippen molar-refractivity contribution in [3.05, 3.63) is 59.2 Å². The van der Waals surface area contributed by atoms with Crippen LogP contribution in [0, 0.1) is 0 Å². The van der Waals surface area contributed by atoms with Crippen LogP contribution in [-0.2, 0) is 21.5 Å². The normalized spacial score (nSPS) is 13.2. The molecule has 0 bridgehead atoms. The number of amides is 1. The van der Waals surface area contributed by atoms with Gasteiger partial charge in [-0.15, -0.1) is 0 Å². The number of methoxy groups -OCH3 is 2. The lowest BCUT2D eigenvalue weighted by molar-refractivity contribution is -0.118. The van der Waals surface area contributed by atoms with Gasteiger partial charge in [-0.1, -0.05) is 18.2 Å². The second-order valence-corrected chi connectivity index (χ2v) is 7.62. The maximum absolute atomic E-state index is 12.8. The Balaban J connectivity index is 1.63. The molecule has 154 valence electrons. The minimum absolute atomic E-state index is 0.0414. The zero-order valence-electron chi connectivity index (χ0n) is 17.5. The third-order valence-corrected chi connectivity index (χ3v) is 5.43. The molecule has 3 rings (SSSR count). The Morgan fingerprint density at radius 3 is 2.62 bits per heavy atom. The number of esters is 1. The van der Waals surface area contributed by atoms with E-state index in [1.165, 1.54) is 7.11 Å². The van der Waals surface area contributed by atoms with E-state index in [-0.39, 0.29) is 17.4 Å². The van der Waals surface area contributed by atoms with Gasteiger partial charge in [0, 0.05) is 30.7 Å². The monoisotopic (exact) mass is 396 g/mol. The molecule has 6 heteroatoms. The summed E-state index contributed by atoms with van der Waals surface area (Å²) in [6.07, 6.45) is 1.03. The molecule has 0 radical (unpaired) electrons. The molecule has 0 aliphatic carbocycles. The van der Waals surface area contributed by atoms with Crippen molar-refractivity contribution in [2.45, 2.75) is 32.2 Å². The first-order valence-corrected chi connectivity index (χ1v) is 9.77. The molecule has 0 saturated heterocycles.